The van der Waals surface area contributed by atoms with Crippen LogP contribution in [0.5, 0.6) is 0 Å². The lowest BCUT2D eigenvalue weighted by Gasteiger charge is -2.12. The highest BCUT2D eigenvalue weighted by atomic mass is 19.1. The number of nitrogens with one attached hydrogen (secondary N) is 1. The van der Waals surface area contributed by atoms with E-state index in [9.17, 15) is 9.18 Å². The summed E-state index contributed by atoms with van der Waals surface area (Å²) in [6.45, 7) is 1.98. The molecule has 0 heterocycles. The van der Waals surface area contributed by atoms with Crippen molar-refractivity contribution in [3.05, 3.63) is 29.6 Å². The summed E-state index contributed by atoms with van der Waals surface area (Å²) in [7, 11) is 0. The molecule has 2 rings (SSSR count). The second-order valence-corrected chi connectivity index (χ2v) is 4.34. The molecule has 0 spiro atoms. The van der Waals surface area contributed by atoms with Gasteiger partial charge in [-0.25, -0.2) is 4.39 Å². The number of anilines is 1. The predicted octanol–water partition coefficient (Wildman–Crippen LogP) is 1.94. The third-order valence-corrected chi connectivity index (χ3v) is 2.95. The second kappa shape index (κ2) is 4.12. The fraction of sp³-hybridized carbons (Fsp3) is 0.417. The number of rotatable bonds is 3. The number of benzene rings is 1. The number of hydrogen-bond acceptors (Lipinski definition) is 2. The maximum Gasteiger partial charge on any atom is 0.251 e. The van der Waals surface area contributed by atoms with E-state index in [1.54, 1.807) is 0 Å². The summed E-state index contributed by atoms with van der Waals surface area (Å²) in [5, 5.41) is 2.86. The smallest absolute Gasteiger partial charge is 0.251 e. The molecular weight excluding hydrogens is 207 g/mol. The third-order valence-electron chi connectivity index (χ3n) is 2.95. The van der Waals surface area contributed by atoms with Crippen molar-refractivity contribution >= 4 is 11.6 Å². The molecule has 1 saturated carbocycles. The Morgan fingerprint density at radius 1 is 1.56 bits per heavy atom. The van der Waals surface area contributed by atoms with Crippen LogP contribution in [0.15, 0.2) is 18.2 Å². The molecule has 1 aromatic rings. The molecule has 0 aromatic heterocycles. The molecule has 0 radical (unpaired) electrons. The maximum atomic E-state index is 13.1. The average Bonchev–Trinajstić information content (AvgIpc) is 3.05. The van der Waals surface area contributed by atoms with Crippen LogP contribution in [-0.2, 0) is 0 Å². The van der Waals surface area contributed by atoms with Crippen LogP contribution in [0.4, 0.5) is 10.1 Å². The molecule has 3 nitrogen and oxygen atoms in total. The SMILES string of the molecule is CC(NC(=O)c1ccc(N)c(F)c1)C1CC1. The fourth-order valence-corrected chi connectivity index (χ4v) is 1.67. The first kappa shape index (κ1) is 10.9. The van der Waals surface area contributed by atoms with Crippen LogP contribution in [0, 0.1) is 11.7 Å². The van der Waals surface area contributed by atoms with Gasteiger partial charge >= 0.3 is 0 Å². The van der Waals surface area contributed by atoms with Crippen molar-refractivity contribution in [1.82, 2.24) is 5.32 Å². The van der Waals surface area contributed by atoms with Crippen molar-refractivity contribution in [2.75, 3.05) is 5.73 Å². The molecule has 1 amide bonds. The number of carbonyl (C=O) groups is 1. The zero-order valence-electron chi connectivity index (χ0n) is 9.16. The Bertz CT molecular complexity index is 415. The van der Waals surface area contributed by atoms with Crippen molar-refractivity contribution in [2.45, 2.75) is 25.8 Å². The first-order chi connectivity index (χ1) is 7.58. The molecule has 0 aliphatic heterocycles. The number of carbonyl (C=O) groups excluding carboxylic acids is 1. The lowest BCUT2D eigenvalue weighted by atomic mass is 10.1. The second-order valence-electron chi connectivity index (χ2n) is 4.34. The number of nitrogen functional groups attached to an aromatic ring is 1. The van der Waals surface area contributed by atoms with Gasteiger partial charge < -0.3 is 11.1 Å². The van der Waals surface area contributed by atoms with Crippen molar-refractivity contribution < 1.29 is 9.18 Å². The minimum atomic E-state index is -0.549. The van der Waals surface area contributed by atoms with Gasteiger partial charge in [0.2, 0.25) is 0 Å². The Kier molecular flexibility index (Phi) is 2.81. The van der Waals surface area contributed by atoms with Crippen LogP contribution in [0.2, 0.25) is 0 Å². The molecule has 1 fully saturated rings. The topological polar surface area (TPSA) is 55.1 Å². The van der Waals surface area contributed by atoms with Gasteiger partial charge in [0.15, 0.2) is 0 Å². The van der Waals surface area contributed by atoms with Gasteiger partial charge in [0.25, 0.3) is 5.91 Å². The van der Waals surface area contributed by atoms with E-state index < -0.39 is 5.82 Å². The fourth-order valence-electron chi connectivity index (χ4n) is 1.67. The van der Waals surface area contributed by atoms with E-state index in [1.807, 2.05) is 6.92 Å². The molecule has 1 aromatic carbocycles. The summed E-state index contributed by atoms with van der Waals surface area (Å²) in [6, 6.07) is 4.28. The molecular formula is C12H15FN2O. The van der Waals surface area contributed by atoms with Gasteiger partial charge in [0, 0.05) is 11.6 Å². The zero-order valence-corrected chi connectivity index (χ0v) is 9.16. The Morgan fingerprint density at radius 3 is 2.81 bits per heavy atom. The molecule has 16 heavy (non-hydrogen) atoms. The summed E-state index contributed by atoms with van der Waals surface area (Å²) in [5.74, 6) is -0.201. The van der Waals surface area contributed by atoms with Gasteiger partial charge in [-0.2, -0.15) is 0 Å². The van der Waals surface area contributed by atoms with Gasteiger partial charge in [-0.05, 0) is 43.9 Å². The van der Waals surface area contributed by atoms with E-state index in [1.165, 1.54) is 18.2 Å². The van der Waals surface area contributed by atoms with Crippen LogP contribution < -0.4 is 11.1 Å². The molecule has 0 saturated heterocycles. The van der Waals surface area contributed by atoms with Crippen LogP contribution >= 0.6 is 0 Å². The van der Waals surface area contributed by atoms with E-state index in [0.29, 0.717) is 11.5 Å². The van der Waals surface area contributed by atoms with Crippen molar-refractivity contribution in [3.8, 4) is 0 Å². The van der Waals surface area contributed by atoms with Crippen LogP contribution in [0.3, 0.4) is 0 Å². The van der Waals surface area contributed by atoms with Crippen molar-refractivity contribution in [1.29, 1.82) is 0 Å². The molecule has 3 N–H and O–H groups in total. The normalized spacial score (nSPS) is 16.9. The number of hydrogen-bond donors (Lipinski definition) is 2. The largest absolute Gasteiger partial charge is 0.396 e. The summed E-state index contributed by atoms with van der Waals surface area (Å²) < 4.78 is 13.1. The summed E-state index contributed by atoms with van der Waals surface area (Å²) in [6.07, 6.45) is 2.33. The molecule has 86 valence electrons. The van der Waals surface area contributed by atoms with E-state index >= 15 is 0 Å². The molecule has 0 bridgehead atoms. The molecule has 1 unspecified atom stereocenters. The summed E-state index contributed by atoms with van der Waals surface area (Å²) >= 11 is 0. The monoisotopic (exact) mass is 222 g/mol. The Labute approximate surface area is 93.8 Å². The number of amides is 1. The maximum absolute atomic E-state index is 13.1. The zero-order chi connectivity index (χ0) is 11.7. The highest BCUT2D eigenvalue weighted by Gasteiger charge is 2.29. The summed E-state index contributed by atoms with van der Waals surface area (Å²) in [5.41, 5.74) is 5.72. The van der Waals surface area contributed by atoms with Crippen LogP contribution in [0.1, 0.15) is 30.1 Å². The minimum Gasteiger partial charge on any atom is -0.396 e. The van der Waals surface area contributed by atoms with Crippen LogP contribution in [-0.4, -0.2) is 11.9 Å². The van der Waals surface area contributed by atoms with Gasteiger partial charge in [0.05, 0.1) is 5.69 Å². The highest BCUT2D eigenvalue weighted by molar-refractivity contribution is 5.94. The quantitative estimate of drug-likeness (QED) is 0.768. The minimum absolute atomic E-state index is 0.0618. The average molecular weight is 222 g/mol. The van der Waals surface area contributed by atoms with Crippen molar-refractivity contribution in [2.24, 2.45) is 5.92 Å². The van der Waals surface area contributed by atoms with Gasteiger partial charge in [-0.1, -0.05) is 0 Å². The molecule has 1 aliphatic rings. The van der Waals surface area contributed by atoms with Crippen molar-refractivity contribution in [3.63, 3.8) is 0 Å². The van der Waals surface area contributed by atoms with Gasteiger partial charge in [-0.3, -0.25) is 4.79 Å². The molecule has 4 heteroatoms. The summed E-state index contributed by atoms with van der Waals surface area (Å²) in [4.78, 5) is 11.7. The third kappa shape index (κ3) is 2.32. The highest BCUT2D eigenvalue weighted by Crippen LogP contribution is 2.32. The Morgan fingerprint density at radius 2 is 2.25 bits per heavy atom. The lowest BCUT2D eigenvalue weighted by Crippen LogP contribution is -2.34. The predicted molar refractivity (Wildman–Crippen MR) is 60.5 cm³/mol. The van der Waals surface area contributed by atoms with Gasteiger partial charge in [0.1, 0.15) is 5.82 Å². The van der Waals surface area contributed by atoms with E-state index in [2.05, 4.69) is 5.32 Å². The Hall–Kier alpha value is -1.58. The molecule has 1 aliphatic carbocycles. The number of halogens is 1. The first-order valence-electron chi connectivity index (χ1n) is 5.44. The lowest BCUT2D eigenvalue weighted by molar-refractivity contribution is 0.0935. The van der Waals surface area contributed by atoms with Gasteiger partial charge in [-0.15, -0.1) is 0 Å². The first-order valence-corrected chi connectivity index (χ1v) is 5.44. The standard InChI is InChI=1S/C12H15FN2O/c1-7(8-2-3-8)15-12(16)9-4-5-11(14)10(13)6-9/h4-8H,2-3,14H2,1H3,(H,15,16). The van der Waals surface area contributed by atoms with E-state index in [0.717, 1.165) is 12.8 Å². The molecule has 1 atom stereocenters. The number of nitrogens with two attached hydrogens (primary N) is 1. The van der Waals surface area contributed by atoms with E-state index in [4.69, 9.17) is 5.73 Å². The van der Waals surface area contributed by atoms with E-state index in [-0.39, 0.29) is 17.6 Å². The Balaban J connectivity index is 2.05. The van der Waals surface area contributed by atoms with Crippen LogP contribution in [0.25, 0.3) is 0 Å².